The van der Waals surface area contributed by atoms with E-state index in [4.69, 9.17) is 4.52 Å². The van der Waals surface area contributed by atoms with Crippen LogP contribution in [0.25, 0.3) is 22.8 Å². The van der Waals surface area contributed by atoms with Crippen molar-refractivity contribution in [3.05, 3.63) is 84.4 Å². The number of nitrogens with one attached hydrogen (secondary N) is 1. The Morgan fingerprint density at radius 3 is 2.29 bits per heavy atom. The van der Waals surface area contributed by atoms with Crippen LogP contribution in [0.4, 0.5) is 5.69 Å². The quantitative estimate of drug-likeness (QED) is 0.541. The largest absolute Gasteiger partial charge is 0.334 e. The minimum absolute atomic E-state index is 0.0684. The molecular weight excluding hydrogens is 374 g/mol. The van der Waals surface area contributed by atoms with Crippen molar-refractivity contribution >= 4 is 15.7 Å². The number of aromatic nitrogens is 2. The van der Waals surface area contributed by atoms with Gasteiger partial charge in [-0.15, -0.1) is 0 Å². The maximum atomic E-state index is 13.0. The third-order valence-electron chi connectivity index (χ3n) is 4.17. The van der Waals surface area contributed by atoms with Gasteiger partial charge in [-0.1, -0.05) is 65.3 Å². The molecule has 0 saturated carbocycles. The summed E-state index contributed by atoms with van der Waals surface area (Å²) in [6.07, 6.45) is 0. The monoisotopic (exact) mass is 391 g/mol. The van der Waals surface area contributed by atoms with Gasteiger partial charge in [-0.3, -0.25) is 4.72 Å². The molecule has 0 fully saturated rings. The second kappa shape index (κ2) is 7.28. The molecule has 4 aromatic rings. The zero-order valence-electron chi connectivity index (χ0n) is 15.0. The van der Waals surface area contributed by atoms with E-state index in [9.17, 15) is 8.42 Å². The summed E-state index contributed by atoms with van der Waals surface area (Å²) in [4.78, 5) is 4.44. The van der Waals surface area contributed by atoms with E-state index in [1.807, 2.05) is 49.4 Å². The Kier molecular flexibility index (Phi) is 4.67. The van der Waals surface area contributed by atoms with Gasteiger partial charge in [0.2, 0.25) is 5.82 Å². The number of hydrogen-bond donors (Lipinski definition) is 1. The zero-order valence-corrected chi connectivity index (χ0v) is 15.8. The molecule has 0 amide bonds. The van der Waals surface area contributed by atoms with Crippen LogP contribution in [0.5, 0.6) is 0 Å². The van der Waals surface area contributed by atoms with Crippen LogP contribution in [0.3, 0.4) is 0 Å². The topological polar surface area (TPSA) is 85.1 Å². The molecule has 6 nitrogen and oxygen atoms in total. The molecule has 1 aromatic heterocycles. The highest BCUT2D eigenvalue weighted by Crippen LogP contribution is 2.29. The minimum atomic E-state index is -3.84. The van der Waals surface area contributed by atoms with Crippen LogP contribution >= 0.6 is 0 Å². The number of hydrogen-bond acceptors (Lipinski definition) is 5. The third kappa shape index (κ3) is 3.65. The highest BCUT2D eigenvalue weighted by molar-refractivity contribution is 7.92. The van der Waals surface area contributed by atoms with Crippen LogP contribution in [0.1, 0.15) is 5.56 Å². The Morgan fingerprint density at radius 1 is 0.857 bits per heavy atom. The minimum Gasteiger partial charge on any atom is -0.334 e. The van der Waals surface area contributed by atoms with E-state index in [0.717, 1.165) is 11.1 Å². The first-order valence-corrected chi connectivity index (χ1v) is 10.1. The molecule has 0 atom stereocenters. The van der Waals surface area contributed by atoms with Crippen molar-refractivity contribution in [3.8, 4) is 22.8 Å². The van der Waals surface area contributed by atoms with Crippen molar-refractivity contribution < 1.29 is 12.9 Å². The van der Waals surface area contributed by atoms with Crippen molar-refractivity contribution in [2.45, 2.75) is 11.8 Å². The summed E-state index contributed by atoms with van der Waals surface area (Å²) < 4.78 is 33.9. The maximum absolute atomic E-state index is 13.0. The van der Waals surface area contributed by atoms with E-state index in [0.29, 0.717) is 17.1 Å². The fourth-order valence-corrected chi connectivity index (χ4v) is 4.01. The van der Waals surface area contributed by atoms with E-state index in [2.05, 4.69) is 14.9 Å². The molecule has 0 radical (unpaired) electrons. The van der Waals surface area contributed by atoms with Gasteiger partial charge in [0.05, 0.1) is 5.56 Å². The van der Waals surface area contributed by atoms with Gasteiger partial charge in [0.15, 0.2) is 0 Å². The molecule has 0 saturated heterocycles. The molecule has 4 rings (SSSR count). The molecular formula is C21H17N3O3S. The predicted molar refractivity (Wildman–Crippen MR) is 107 cm³/mol. The van der Waals surface area contributed by atoms with E-state index < -0.39 is 10.0 Å². The summed E-state index contributed by atoms with van der Waals surface area (Å²) in [6, 6.07) is 23.0. The van der Waals surface area contributed by atoms with Crippen LogP contribution in [0.2, 0.25) is 0 Å². The van der Waals surface area contributed by atoms with Crippen LogP contribution in [-0.4, -0.2) is 18.6 Å². The molecule has 1 heterocycles. The number of benzene rings is 3. The Labute approximate surface area is 162 Å². The fourth-order valence-electron chi connectivity index (χ4n) is 2.75. The molecule has 1 N–H and O–H groups in total. The molecule has 7 heteroatoms. The first-order valence-electron chi connectivity index (χ1n) is 8.61. The molecule has 0 aliphatic heterocycles. The van der Waals surface area contributed by atoms with E-state index in [1.54, 1.807) is 30.3 Å². The van der Waals surface area contributed by atoms with Crippen molar-refractivity contribution in [1.82, 2.24) is 10.1 Å². The Balaban J connectivity index is 1.71. The second-order valence-electron chi connectivity index (χ2n) is 6.26. The van der Waals surface area contributed by atoms with Crippen molar-refractivity contribution in [1.29, 1.82) is 0 Å². The predicted octanol–water partition coefficient (Wildman–Crippen LogP) is 4.51. The average Bonchev–Trinajstić information content (AvgIpc) is 3.20. The first-order chi connectivity index (χ1) is 13.5. The molecule has 0 aliphatic rings. The fraction of sp³-hybridized carbons (Fsp3) is 0.0476. The highest BCUT2D eigenvalue weighted by Gasteiger charge is 2.23. The first kappa shape index (κ1) is 17.9. The van der Waals surface area contributed by atoms with Gasteiger partial charge < -0.3 is 4.52 Å². The van der Waals surface area contributed by atoms with Gasteiger partial charge in [-0.25, -0.2) is 8.42 Å². The molecule has 140 valence electrons. The van der Waals surface area contributed by atoms with Crippen LogP contribution in [0, 0.1) is 6.92 Å². The number of nitrogens with zero attached hydrogens (tertiary/aromatic N) is 2. The van der Waals surface area contributed by atoms with E-state index >= 15 is 0 Å². The second-order valence-corrected chi connectivity index (χ2v) is 7.91. The standard InChI is InChI=1S/C21H17N3O3S/c1-15-11-13-17(14-12-15)24-28(25,26)19-10-6-5-9-18(19)21-22-20(23-27-21)16-7-3-2-4-8-16/h2-14,24H,1H3. The summed E-state index contributed by atoms with van der Waals surface area (Å²) in [5.41, 5.74) is 2.66. The van der Waals surface area contributed by atoms with E-state index in [1.165, 1.54) is 6.07 Å². The molecule has 28 heavy (non-hydrogen) atoms. The van der Waals surface area contributed by atoms with Crippen LogP contribution < -0.4 is 4.72 Å². The Morgan fingerprint density at radius 2 is 1.54 bits per heavy atom. The average molecular weight is 391 g/mol. The lowest BCUT2D eigenvalue weighted by molar-refractivity contribution is 0.431. The van der Waals surface area contributed by atoms with Crippen molar-refractivity contribution in [3.63, 3.8) is 0 Å². The number of anilines is 1. The van der Waals surface area contributed by atoms with Crippen molar-refractivity contribution in [2.75, 3.05) is 4.72 Å². The smallest absolute Gasteiger partial charge is 0.262 e. The Bertz CT molecular complexity index is 1200. The zero-order chi connectivity index (χ0) is 19.6. The molecule has 0 spiro atoms. The summed E-state index contributed by atoms with van der Waals surface area (Å²) in [5.74, 6) is 0.540. The van der Waals surface area contributed by atoms with Gasteiger partial charge in [0.1, 0.15) is 4.90 Å². The summed E-state index contributed by atoms with van der Waals surface area (Å²) >= 11 is 0. The summed E-state index contributed by atoms with van der Waals surface area (Å²) in [5, 5.41) is 3.98. The summed E-state index contributed by atoms with van der Waals surface area (Å²) in [7, 11) is -3.84. The van der Waals surface area contributed by atoms with Gasteiger partial charge in [0, 0.05) is 11.3 Å². The molecule has 3 aromatic carbocycles. The molecule has 0 bridgehead atoms. The van der Waals surface area contributed by atoms with Gasteiger partial charge in [-0.05, 0) is 31.2 Å². The lowest BCUT2D eigenvalue weighted by Gasteiger charge is -2.10. The number of aryl methyl sites for hydroxylation is 1. The lowest BCUT2D eigenvalue weighted by atomic mass is 10.2. The lowest BCUT2D eigenvalue weighted by Crippen LogP contribution is -2.14. The van der Waals surface area contributed by atoms with Crippen molar-refractivity contribution in [2.24, 2.45) is 0 Å². The van der Waals surface area contributed by atoms with Crippen LogP contribution in [0.15, 0.2) is 88.3 Å². The van der Waals surface area contributed by atoms with Gasteiger partial charge in [-0.2, -0.15) is 4.98 Å². The molecule has 0 unspecified atom stereocenters. The van der Waals surface area contributed by atoms with Gasteiger partial charge in [0.25, 0.3) is 15.9 Å². The maximum Gasteiger partial charge on any atom is 0.262 e. The molecule has 0 aliphatic carbocycles. The van der Waals surface area contributed by atoms with E-state index in [-0.39, 0.29) is 10.8 Å². The SMILES string of the molecule is Cc1ccc(NS(=O)(=O)c2ccccc2-c2nc(-c3ccccc3)no2)cc1. The third-order valence-corrected chi connectivity index (χ3v) is 5.61. The Hall–Kier alpha value is -3.45. The van der Waals surface area contributed by atoms with Crippen LogP contribution in [-0.2, 0) is 10.0 Å². The highest BCUT2D eigenvalue weighted by atomic mass is 32.2. The number of rotatable bonds is 5. The number of sulfonamides is 1. The normalized spacial score (nSPS) is 11.3. The summed E-state index contributed by atoms with van der Waals surface area (Å²) in [6.45, 7) is 1.94. The van der Waals surface area contributed by atoms with Gasteiger partial charge >= 0.3 is 0 Å².